The van der Waals surface area contributed by atoms with Crippen LogP contribution in [0.2, 0.25) is 0 Å². The summed E-state index contributed by atoms with van der Waals surface area (Å²) in [4.78, 5) is 0. The van der Waals surface area contributed by atoms with E-state index in [0.29, 0.717) is 0 Å². The predicted octanol–water partition coefficient (Wildman–Crippen LogP) is 6.07. The van der Waals surface area contributed by atoms with Crippen LogP contribution in [-0.4, -0.2) is 0 Å². The maximum absolute atomic E-state index is 4.57. The van der Waals surface area contributed by atoms with Gasteiger partial charge in [0.1, 0.15) is 12.1 Å². The van der Waals surface area contributed by atoms with E-state index in [4.69, 9.17) is 0 Å². The summed E-state index contributed by atoms with van der Waals surface area (Å²) < 4.78 is 0. The largest absolute Gasteiger partial charge is 0.181 e. The molecule has 2 heteroatoms. The van der Waals surface area contributed by atoms with Crippen molar-refractivity contribution in [2.24, 2.45) is 10.2 Å². The molecule has 22 heavy (non-hydrogen) atoms. The van der Waals surface area contributed by atoms with Crippen molar-refractivity contribution < 1.29 is 0 Å². The summed E-state index contributed by atoms with van der Waals surface area (Å²) in [7, 11) is 0. The number of nitrogens with zero attached hydrogens (tertiary/aromatic N) is 2. The van der Waals surface area contributed by atoms with E-state index in [1.54, 1.807) is 0 Å². The first-order valence-corrected chi connectivity index (χ1v) is 7.60. The topological polar surface area (TPSA) is 24.7 Å². The molecule has 2 aromatic rings. The summed E-state index contributed by atoms with van der Waals surface area (Å²) in [5.74, 6) is 0. The van der Waals surface area contributed by atoms with E-state index in [1.165, 1.54) is 0 Å². The summed E-state index contributed by atoms with van der Waals surface area (Å²) >= 11 is 0. The van der Waals surface area contributed by atoms with Crippen molar-refractivity contribution >= 4 is 0 Å². The van der Waals surface area contributed by atoms with Crippen LogP contribution in [0.4, 0.5) is 0 Å². The summed E-state index contributed by atoms with van der Waals surface area (Å²) in [6.07, 6.45) is 8.17. The highest BCUT2D eigenvalue weighted by Crippen LogP contribution is 2.24. The first kappa shape index (κ1) is 15.9. The van der Waals surface area contributed by atoms with Crippen molar-refractivity contribution in [1.82, 2.24) is 0 Å². The molecule has 0 aliphatic carbocycles. The summed E-state index contributed by atoms with van der Waals surface area (Å²) in [5, 5.41) is 9.13. The van der Waals surface area contributed by atoms with Gasteiger partial charge in [-0.25, -0.2) is 0 Å². The normalized spacial score (nSPS) is 14.8. The van der Waals surface area contributed by atoms with Gasteiger partial charge >= 0.3 is 0 Å². The third kappa shape index (κ3) is 4.52. The van der Waals surface area contributed by atoms with Gasteiger partial charge in [-0.3, -0.25) is 0 Å². The Balaban J connectivity index is 2.25. The Labute approximate surface area is 132 Å². The van der Waals surface area contributed by atoms with Gasteiger partial charge in [0.25, 0.3) is 0 Å². The van der Waals surface area contributed by atoms with Crippen molar-refractivity contribution in [3.8, 4) is 0 Å². The fourth-order valence-electron chi connectivity index (χ4n) is 2.24. The van der Waals surface area contributed by atoms with Gasteiger partial charge in [0.15, 0.2) is 0 Å². The molecule has 2 nitrogen and oxygen atoms in total. The van der Waals surface area contributed by atoms with E-state index in [-0.39, 0.29) is 12.1 Å². The Morgan fingerprint density at radius 3 is 1.32 bits per heavy atom. The van der Waals surface area contributed by atoms with E-state index < -0.39 is 0 Å². The van der Waals surface area contributed by atoms with Crippen molar-refractivity contribution in [2.75, 3.05) is 0 Å². The fraction of sp³-hybridized carbons (Fsp3) is 0.200. The Morgan fingerprint density at radius 1 is 0.636 bits per heavy atom. The van der Waals surface area contributed by atoms with Crippen LogP contribution in [0.25, 0.3) is 0 Å². The molecule has 0 amide bonds. The van der Waals surface area contributed by atoms with Crippen molar-refractivity contribution in [3.63, 3.8) is 0 Å². The smallest absolute Gasteiger partial charge is 0.114 e. The Morgan fingerprint density at radius 2 is 1.00 bits per heavy atom. The molecular weight excluding hydrogens is 268 g/mol. The highest BCUT2D eigenvalue weighted by molar-refractivity contribution is 5.24. The zero-order valence-electron chi connectivity index (χ0n) is 13.1. The molecule has 112 valence electrons. The van der Waals surface area contributed by atoms with Crippen molar-refractivity contribution in [1.29, 1.82) is 0 Å². The third-order valence-corrected chi connectivity index (χ3v) is 3.35. The van der Waals surface area contributed by atoms with E-state index in [1.807, 2.05) is 62.4 Å². The highest BCUT2D eigenvalue weighted by Gasteiger charge is 2.09. The molecule has 2 rings (SSSR count). The van der Waals surface area contributed by atoms with Gasteiger partial charge in [-0.05, 0) is 25.0 Å². The standard InChI is InChI=1S/C20H22N2/c1-3-11-19(17-13-7-5-8-14-17)21-22-20(12-4-2)18-15-9-6-10-16-18/h3-16,19-20H,1-2H3. The monoisotopic (exact) mass is 290 g/mol. The zero-order chi connectivity index (χ0) is 15.6. The van der Waals surface area contributed by atoms with Crippen LogP contribution in [0.5, 0.6) is 0 Å². The van der Waals surface area contributed by atoms with Gasteiger partial charge in [-0.1, -0.05) is 85.0 Å². The van der Waals surface area contributed by atoms with E-state index in [9.17, 15) is 0 Å². The molecule has 0 saturated carbocycles. The maximum atomic E-state index is 4.57. The minimum Gasteiger partial charge on any atom is -0.181 e. The molecule has 0 aliphatic heterocycles. The average Bonchev–Trinajstić information content (AvgIpc) is 2.59. The van der Waals surface area contributed by atoms with Crippen LogP contribution in [-0.2, 0) is 0 Å². The van der Waals surface area contributed by atoms with E-state index >= 15 is 0 Å². The lowest BCUT2D eigenvalue weighted by Crippen LogP contribution is -1.94. The fourth-order valence-corrected chi connectivity index (χ4v) is 2.24. The van der Waals surface area contributed by atoms with Gasteiger partial charge in [0, 0.05) is 0 Å². The summed E-state index contributed by atoms with van der Waals surface area (Å²) in [6.45, 7) is 4.01. The molecule has 2 unspecified atom stereocenters. The molecule has 0 aromatic heterocycles. The van der Waals surface area contributed by atoms with Gasteiger partial charge in [-0.15, -0.1) is 0 Å². The maximum Gasteiger partial charge on any atom is 0.114 e. The lowest BCUT2D eigenvalue weighted by Gasteiger charge is -2.10. The quantitative estimate of drug-likeness (QED) is 0.455. The SMILES string of the molecule is CC=CC(N=NC(C=CC)c1ccccc1)c1ccccc1. The molecule has 0 heterocycles. The Hall–Kier alpha value is -2.48. The molecule has 2 atom stereocenters. The van der Waals surface area contributed by atoms with Crippen LogP contribution in [0.1, 0.15) is 37.1 Å². The molecule has 0 aliphatic rings. The average molecular weight is 290 g/mol. The number of hydrogen-bond donors (Lipinski definition) is 0. The number of rotatable bonds is 6. The highest BCUT2D eigenvalue weighted by atomic mass is 15.1. The molecule has 0 saturated heterocycles. The molecule has 0 fully saturated rings. The number of hydrogen-bond acceptors (Lipinski definition) is 2. The van der Waals surface area contributed by atoms with Crippen molar-refractivity contribution in [3.05, 3.63) is 96.1 Å². The minimum atomic E-state index is -0.0392. The lowest BCUT2D eigenvalue weighted by molar-refractivity contribution is 0.730. The van der Waals surface area contributed by atoms with Crippen LogP contribution < -0.4 is 0 Å². The van der Waals surface area contributed by atoms with Crippen LogP contribution in [0.3, 0.4) is 0 Å². The van der Waals surface area contributed by atoms with Gasteiger partial charge in [0.2, 0.25) is 0 Å². The molecule has 2 aromatic carbocycles. The van der Waals surface area contributed by atoms with Crippen LogP contribution in [0.15, 0.2) is 95.2 Å². The first-order valence-electron chi connectivity index (χ1n) is 7.60. The second kappa shape index (κ2) is 8.73. The number of azo groups is 1. The summed E-state index contributed by atoms with van der Waals surface area (Å²) in [6, 6.07) is 20.4. The lowest BCUT2D eigenvalue weighted by atomic mass is 10.1. The first-order chi connectivity index (χ1) is 10.8. The number of benzene rings is 2. The Kier molecular flexibility index (Phi) is 6.31. The van der Waals surface area contributed by atoms with Gasteiger partial charge in [-0.2, -0.15) is 10.2 Å². The Bertz CT molecular complexity index is 570. The number of allylic oxidation sites excluding steroid dienone is 2. The predicted molar refractivity (Wildman–Crippen MR) is 92.9 cm³/mol. The molecule has 0 spiro atoms. The van der Waals surface area contributed by atoms with Gasteiger partial charge < -0.3 is 0 Å². The van der Waals surface area contributed by atoms with Crippen LogP contribution >= 0.6 is 0 Å². The molecule has 0 N–H and O–H groups in total. The van der Waals surface area contributed by atoms with E-state index in [0.717, 1.165) is 11.1 Å². The molecular formula is C20H22N2. The van der Waals surface area contributed by atoms with Gasteiger partial charge in [0.05, 0.1) is 0 Å². The van der Waals surface area contributed by atoms with E-state index in [2.05, 4.69) is 46.6 Å². The summed E-state index contributed by atoms with van der Waals surface area (Å²) in [5.41, 5.74) is 2.30. The zero-order valence-corrected chi connectivity index (χ0v) is 13.1. The second-order valence-corrected chi connectivity index (χ2v) is 4.99. The van der Waals surface area contributed by atoms with Crippen LogP contribution in [0, 0.1) is 0 Å². The molecule has 0 bridgehead atoms. The third-order valence-electron chi connectivity index (χ3n) is 3.35. The second-order valence-electron chi connectivity index (χ2n) is 4.99. The van der Waals surface area contributed by atoms with Crippen molar-refractivity contribution in [2.45, 2.75) is 25.9 Å². The minimum absolute atomic E-state index is 0.0392. The molecule has 0 radical (unpaired) electrons.